The van der Waals surface area contributed by atoms with Crippen molar-refractivity contribution in [1.29, 1.82) is 0 Å². The van der Waals surface area contributed by atoms with E-state index in [4.69, 9.17) is 4.74 Å². The molecule has 0 aliphatic rings. The van der Waals surface area contributed by atoms with Gasteiger partial charge in [-0.25, -0.2) is 0 Å². The van der Waals surface area contributed by atoms with Crippen LogP contribution in [0.1, 0.15) is 11.1 Å². The SMILES string of the molecule is COc1ccccc1C(O)(/C=C/c1ccccc1)C(F)(F)C(F)(F)F. The first-order valence-corrected chi connectivity index (χ1v) is 7.18. The molecule has 0 aromatic heterocycles. The molecule has 25 heavy (non-hydrogen) atoms. The second-order valence-corrected chi connectivity index (χ2v) is 5.28. The summed E-state index contributed by atoms with van der Waals surface area (Å²) in [5.74, 6) is -5.73. The van der Waals surface area contributed by atoms with Crippen LogP contribution in [-0.2, 0) is 5.60 Å². The van der Waals surface area contributed by atoms with Gasteiger partial charge in [0.1, 0.15) is 5.75 Å². The fourth-order valence-corrected chi connectivity index (χ4v) is 2.32. The highest BCUT2D eigenvalue weighted by atomic mass is 19.4. The Morgan fingerprint density at radius 3 is 2.00 bits per heavy atom. The fourth-order valence-electron chi connectivity index (χ4n) is 2.32. The van der Waals surface area contributed by atoms with Crippen molar-refractivity contribution in [3.63, 3.8) is 0 Å². The van der Waals surface area contributed by atoms with E-state index >= 15 is 0 Å². The van der Waals surface area contributed by atoms with Gasteiger partial charge in [-0.15, -0.1) is 0 Å². The third kappa shape index (κ3) is 3.51. The molecule has 0 aliphatic carbocycles. The first-order chi connectivity index (χ1) is 11.6. The lowest BCUT2D eigenvalue weighted by Gasteiger charge is -2.35. The first-order valence-electron chi connectivity index (χ1n) is 7.18. The van der Waals surface area contributed by atoms with Crippen LogP contribution in [0, 0.1) is 0 Å². The zero-order valence-corrected chi connectivity index (χ0v) is 13.1. The van der Waals surface area contributed by atoms with Crippen LogP contribution >= 0.6 is 0 Å². The molecule has 0 spiro atoms. The van der Waals surface area contributed by atoms with Crippen LogP contribution in [0.2, 0.25) is 0 Å². The summed E-state index contributed by atoms with van der Waals surface area (Å²) in [4.78, 5) is 0. The summed E-state index contributed by atoms with van der Waals surface area (Å²) >= 11 is 0. The summed E-state index contributed by atoms with van der Waals surface area (Å²) in [5, 5.41) is 10.5. The number of aliphatic hydroxyl groups is 1. The van der Waals surface area contributed by atoms with Crippen LogP contribution in [0.15, 0.2) is 60.7 Å². The molecular formula is C18H15F5O2. The van der Waals surface area contributed by atoms with E-state index in [0.717, 1.165) is 19.3 Å². The molecule has 0 fully saturated rings. The molecule has 2 rings (SSSR count). The highest BCUT2D eigenvalue weighted by Gasteiger charge is 2.70. The molecule has 1 atom stereocenters. The first kappa shape index (κ1) is 18.9. The molecule has 1 N–H and O–H groups in total. The minimum Gasteiger partial charge on any atom is -0.496 e. The number of alkyl halides is 5. The molecular weight excluding hydrogens is 343 g/mol. The summed E-state index contributed by atoms with van der Waals surface area (Å²) in [5.41, 5.74) is -3.98. The maximum absolute atomic E-state index is 14.2. The zero-order chi connectivity index (χ0) is 18.7. The number of hydrogen-bond acceptors (Lipinski definition) is 2. The van der Waals surface area contributed by atoms with Crippen molar-refractivity contribution in [2.75, 3.05) is 7.11 Å². The Hall–Kier alpha value is -2.41. The van der Waals surface area contributed by atoms with E-state index in [9.17, 15) is 27.1 Å². The quantitative estimate of drug-likeness (QED) is 0.779. The maximum Gasteiger partial charge on any atom is 0.457 e. The van der Waals surface area contributed by atoms with Gasteiger partial charge in [0.25, 0.3) is 0 Å². The van der Waals surface area contributed by atoms with E-state index < -0.39 is 23.3 Å². The number of ether oxygens (including phenoxy) is 1. The Balaban J connectivity index is 2.65. The third-order valence-electron chi connectivity index (χ3n) is 3.67. The van der Waals surface area contributed by atoms with E-state index in [-0.39, 0.29) is 5.75 Å². The summed E-state index contributed by atoms with van der Waals surface area (Å²) in [7, 11) is 1.12. The van der Waals surface area contributed by atoms with Gasteiger partial charge in [0.2, 0.25) is 0 Å². The van der Waals surface area contributed by atoms with Gasteiger partial charge in [-0.1, -0.05) is 54.6 Å². The molecule has 0 radical (unpaired) electrons. The zero-order valence-electron chi connectivity index (χ0n) is 13.1. The molecule has 7 heteroatoms. The molecule has 0 amide bonds. The Labute approximate surface area is 141 Å². The fraction of sp³-hybridized carbons (Fsp3) is 0.222. The van der Waals surface area contributed by atoms with E-state index in [0.29, 0.717) is 11.6 Å². The number of hydrogen-bond donors (Lipinski definition) is 1. The smallest absolute Gasteiger partial charge is 0.457 e. The van der Waals surface area contributed by atoms with Gasteiger partial charge in [0.15, 0.2) is 5.60 Å². The van der Waals surface area contributed by atoms with Crippen LogP contribution in [-0.4, -0.2) is 24.3 Å². The summed E-state index contributed by atoms with van der Waals surface area (Å²) in [6.07, 6.45) is -4.52. The number of halogens is 5. The second kappa shape index (κ2) is 6.84. The second-order valence-electron chi connectivity index (χ2n) is 5.28. The van der Waals surface area contributed by atoms with Crippen molar-refractivity contribution in [1.82, 2.24) is 0 Å². The molecule has 134 valence electrons. The molecule has 2 aromatic carbocycles. The highest BCUT2D eigenvalue weighted by molar-refractivity contribution is 5.54. The Morgan fingerprint density at radius 2 is 1.44 bits per heavy atom. The van der Waals surface area contributed by atoms with Crippen LogP contribution in [0.4, 0.5) is 22.0 Å². The predicted molar refractivity (Wildman–Crippen MR) is 83.4 cm³/mol. The molecule has 0 saturated heterocycles. The number of para-hydroxylation sites is 1. The van der Waals surface area contributed by atoms with Crippen LogP contribution in [0.3, 0.4) is 0 Å². The van der Waals surface area contributed by atoms with Crippen LogP contribution in [0.25, 0.3) is 6.08 Å². The van der Waals surface area contributed by atoms with Crippen molar-refractivity contribution >= 4 is 6.08 Å². The van der Waals surface area contributed by atoms with Crippen molar-refractivity contribution in [3.8, 4) is 5.75 Å². The molecule has 0 bridgehead atoms. The maximum atomic E-state index is 14.2. The van der Waals surface area contributed by atoms with Gasteiger partial charge in [0, 0.05) is 5.56 Å². The van der Waals surface area contributed by atoms with Gasteiger partial charge in [-0.2, -0.15) is 22.0 Å². The van der Waals surface area contributed by atoms with E-state index in [1.807, 2.05) is 0 Å². The summed E-state index contributed by atoms with van der Waals surface area (Å²) in [6.45, 7) is 0. The van der Waals surface area contributed by atoms with Gasteiger partial charge in [-0.05, 0) is 17.7 Å². The normalized spacial score (nSPS) is 15.2. The Kier molecular flexibility index (Phi) is 5.17. The molecule has 2 aromatic rings. The average molecular weight is 358 g/mol. The number of methoxy groups -OCH3 is 1. The van der Waals surface area contributed by atoms with Gasteiger partial charge >= 0.3 is 12.1 Å². The average Bonchev–Trinajstić information content (AvgIpc) is 2.59. The van der Waals surface area contributed by atoms with Crippen LogP contribution in [0.5, 0.6) is 5.75 Å². The van der Waals surface area contributed by atoms with Crippen molar-refractivity contribution in [3.05, 3.63) is 71.8 Å². The Morgan fingerprint density at radius 1 is 0.880 bits per heavy atom. The topological polar surface area (TPSA) is 29.5 Å². The van der Waals surface area contributed by atoms with Gasteiger partial charge in [0.05, 0.1) is 7.11 Å². The van der Waals surface area contributed by atoms with Crippen molar-refractivity contribution < 1.29 is 31.8 Å². The monoisotopic (exact) mass is 358 g/mol. The van der Waals surface area contributed by atoms with E-state index in [1.54, 1.807) is 18.2 Å². The minimum atomic E-state index is -5.97. The molecule has 0 aliphatic heterocycles. The third-order valence-corrected chi connectivity index (χ3v) is 3.67. The number of benzene rings is 2. The van der Waals surface area contributed by atoms with Crippen molar-refractivity contribution in [2.24, 2.45) is 0 Å². The van der Waals surface area contributed by atoms with Gasteiger partial charge in [-0.3, -0.25) is 0 Å². The lowest BCUT2D eigenvalue weighted by Crippen LogP contribution is -2.54. The predicted octanol–water partition coefficient (Wildman–Crippen LogP) is 4.79. The number of rotatable bonds is 5. The minimum absolute atomic E-state index is 0.286. The standard InChI is InChI=1S/C18H15F5O2/c1-25-15-10-6-5-9-14(15)16(24,17(19,20)18(21,22)23)12-11-13-7-3-2-4-8-13/h2-12,24H,1H3/b12-11+. The largest absolute Gasteiger partial charge is 0.496 e. The van der Waals surface area contributed by atoms with E-state index in [1.165, 1.54) is 30.3 Å². The summed E-state index contributed by atoms with van der Waals surface area (Å²) < 4.78 is 72.2. The van der Waals surface area contributed by atoms with Crippen LogP contribution < -0.4 is 4.74 Å². The molecule has 0 heterocycles. The molecule has 1 unspecified atom stereocenters. The van der Waals surface area contributed by atoms with Gasteiger partial charge < -0.3 is 9.84 Å². The summed E-state index contributed by atoms with van der Waals surface area (Å²) in [6, 6.07) is 12.6. The molecule has 0 saturated carbocycles. The Bertz CT molecular complexity index is 741. The van der Waals surface area contributed by atoms with Crippen molar-refractivity contribution in [2.45, 2.75) is 17.7 Å². The highest BCUT2D eigenvalue weighted by Crippen LogP contribution is 2.51. The lowest BCUT2D eigenvalue weighted by molar-refractivity contribution is -0.334. The van der Waals surface area contributed by atoms with E-state index in [2.05, 4.69) is 0 Å². The lowest BCUT2D eigenvalue weighted by atomic mass is 9.85. The molecule has 2 nitrogen and oxygen atoms in total.